The lowest BCUT2D eigenvalue weighted by Gasteiger charge is -2.52. The minimum Gasteiger partial charge on any atom is -1.00 e. The molecule has 1 atom stereocenters. The van der Waals surface area contributed by atoms with Crippen LogP contribution in [0, 0.1) is 5.92 Å². The first-order valence-electron chi connectivity index (χ1n) is 12.3. The molecule has 3 aromatic rings. The van der Waals surface area contributed by atoms with E-state index in [0.717, 1.165) is 53.7 Å². The van der Waals surface area contributed by atoms with E-state index in [0.29, 0.717) is 23.7 Å². The molecule has 3 aliphatic rings. The van der Waals surface area contributed by atoms with Crippen LogP contribution >= 0.6 is 15.9 Å². The van der Waals surface area contributed by atoms with Gasteiger partial charge >= 0.3 is 5.97 Å². The zero-order chi connectivity index (χ0) is 24.3. The predicted molar refractivity (Wildman–Crippen MR) is 138 cm³/mol. The minimum absolute atomic E-state index is 0. The van der Waals surface area contributed by atoms with Crippen LogP contribution in [0.2, 0.25) is 0 Å². The van der Waals surface area contributed by atoms with Gasteiger partial charge in [-0.05, 0) is 29.3 Å². The molecule has 0 saturated carbocycles. The number of carbonyl (C=O) groups excluding carboxylic acids is 1. The summed E-state index contributed by atoms with van der Waals surface area (Å²) >= 11 is 3.49. The van der Waals surface area contributed by atoms with Crippen molar-refractivity contribution in [3.05, 3.63) is 101 Å². The van der Waals surface area contributed by atoms with Gasteiger partial charge in [-0.15, -0.1) is 0 Å². The van der Waals surface area contributed by atoms with E-state index in [1.165, 1.54) is 0 Å². The van der Waals surface area contributed by atoms with Crippen LogP contribution in [0.25, 0.3) is 0 Å². The number of halogens is 2. The van der Waals surface area contributed by atoms with E-state index in [-0.39, 0.29) is 23.1 Å². The number of quaternary nitrogens is 1. The van der Waals surface area contributed by atoms with Crippen LogP contribution in [-0.4, -0.2) is 54.4 Å². The van der Waals surface area contributed by atoms with Crippen molar-refractivity contribution >= 4 is 21.9 Å². The molecule has 190 valence electrons. The highest BCUT2D eigenvalue weighted by Crippen LogP contribution is 2.38. The Morgan fingerprint density at radius 2 is 1.56 bits per heavy atom. The van der Waals surface area contributed by atoms with Crippen molar-refractivity contribution in [3.8, 4) is 5.75 Å². The van der Waals surface area contributed by atoms with Crippen molar-refractivity contribution in [3.63, 3.8) is 0 Å². The number of hydrogen-bond acceptors (Lipinski definition) is 4. The number of aliphatic hydroxyl groups is 1. The lowest BCUT2D eigenvalue weighted by Crippen LogP contribution is -3.00. The Bertz CT molecular complexity index is 1110. The maximum atomic E-state index is 13.6. The van der Waals surface area contributed by atoms with E-state index < -0.39 is 11.6 Å². The molecule has 1 unspecified atom stereocenters. The Morgan fingerprint density at radius 1 is 0.944 bits per heavy atom. The molecule has 2 bridgehead atoms. The summed E-state index contributed by atoms with van der Waals surface area (Å²) in [6, 6.07) is 26.1. The van der Waals surface area contributed by atoms with Gasteiger partial charge in [0.1, 0.15) is 25.4 Å². The third kappa shape index (κ3) is 5.54. The zero-order valence-corrected chi connectivity index (χ0v) is 23.2. The van der Waals surface area contributed by atoms with E-state index in [2.05, 4.69) is 15.9 Å². The van der Waals surface area contributed by atoms with Crippen LogP contribution in [0.1, 0.15) is 24.0 Å². The first kappa shape index (κ1) is 26.9. The van der Waals surface area contributed by atoms with Gasteiger partial charge in [0.25, 0.3) is 0 Å². The number of rotatable bonds is 8. The molecule has 0 spiro atoms. The van der Waals surface area contributed by atoms with Crippen LogP contribution in [-0.2, 0) is 15.1 Å². The number of fused-ring (bicyclic) bond motifs is 3. The first-order chi connectivity index (χ1) is 17.0. The minimum atomic E-state index is -1.84. The van der Waals surface area contributed by atoms with Gasteiger partial charge in [0, 0.05) is 23.2 Å². The number of hydrogen-bond donors (Lipinski definition) is 1. The van der Waals surface area contributed by atoms with Crippen molar-refractivity contribution < 1.29 is 40.8 Å². The second-order valence-corrected chi connectivity index (χ2v) is 10.6. The van der Waals surface area contributed by atoms with Crippen molar-refractivity contribution in [1.29, 1.82) is 0 Å². The molecule has 5 nitrogen and oxygen atoms in total. The molecule has 0 radical (unpaired) electrons. The van der Waals surface area contributed by atoms with Gasteiger partial charge in [-0.3, -0.25) is 0 Å². The van der Waals surface area contributed by atoms with Gasteiger partial charge in [0.15, 0.2) is 6.10 Å². The smallest absolute Gasteiger partial charge is 0.348 e. The normalized spacial score (nSPS) is 22.9. The maximum Gasteiger partial charge on any atom is 0.348 e. The lowest BCUT2D eigenvalue weighted by molar-refractivity contribution is -0.946. The molecule has 6 rings (SSSR count). The second-order valence-electron chi connectivity index (χ2n) is 9.72. The molecule has 7 heteroatoms. The molecule has 3 saturated heterocycles. The zero-order valence-electron chi connectivity index (χ0n) is 20.1. The number of benzene rings is 3. The summed E-state index contributed by atoms with van der Waals surface area (Å²) in [4.78, 5) is 13.6. The third-order valence-electron chi connectivity index (χ3n) is 7.61. The standard InChI is InChI=1S/C29H31BrNO4.BrH/c30-25-12-7-13-26(20-25)34-19-18-31-16-14-22(15-17-31)27(21-31)35-28(32)29(33,23-8-3-1-4-9-23)24-10-5-2-6-11-24;/h1-13,20,22,27,33H,14-19,21H2;1H/q+1;/p-1. The largest absolute Gasteiger partial charge is 1.00 e. The fourth-order valence-corrected chi connectivity index (χ4v) is 5.95. The highest BCUT2D eigenvalue weighted by atomic mass is 79.9. The molecule has 0 aromatic heterocycles. The van der Waals surface area contributed by atoms with Crippen LogP contribution in [0.3, 0.4) is 0 Å². The van der Waals surface area contributed by atoms with E-state index in [9.17, 15) is 9.90 Å². The van der Waals surface area contributed by atoms with E-state index in [1.807, 2.05) is 60.7 Å². The molecule has 0 amide bonds. The van der Waals surface area contributed by atoms with Crippen LogP contribution in [0.4, 0.5) is 0 Å². The number of nitrogens with zero attached hydrogens (tertiary/aromatic N) is 1. The van der Waals surface area contributed by atoms with Crippen LogP contribution < -0.4 is 21.7 Å². The summed E-state index contributed by atoms with van der Waals surface area (Å²) in [5.74, 6) is 0.584. The van der Waals surface area contributed by atoms with E-state index in [1.54, 1.807) is 24.3 Å². The van der Waals surface area contributed by atoms with Gasteiger partial charge in [0.2, 0.25) is 5.60 Å². The molecule has 36 heavy (non-hydrogen) atoms. The Balaban J connectivity index is 0.00000304. The topological polar surface area (TPSA) is 55.8 Å². The van der Waals surface area contributed by atoms with Gasteiger partial charge in [0.05, 0.1) is 13.1 Å². The van der Waals surface area contributed by atoms with E-state index in [4.69, 9.17) is 9.47 Å². The Hall–Kier alpha value is -2.19. The number of carbonyl (C=O) groups is 1. The molecular formula is C29H31Br2NO4. The Kier molecular flexibility index (Phi) is 8.56. The first-order valence-corrected chi connectivity index (χ1v) is 13.1. The highest BCUT2D eigenvalue weighted by Gasteiger charge is 2.50. The number of piperidine rings is 3. The summed E-state index contributed by atoms with van der Waals surface area (Å²) in [6.07, 6.45) is 1.82. The van der Waals surface area contributed by atoms with Crippen molar-refractivity contribution in [2.45, 2.75) is 24.5 Å². The van der Waals surface area contributed by atoms with Crippen molar-refractivity contribution in [2.24, 2.45) is 5.92 Å². The fraction of sp³-hybridized carbons (Fsp3) is 0.345. The summed E-state index contributed by atoms with van der Waals surface area (Å²) < 4.78 is 14.1. The molecule has 1 N–H and O–H groups in total. The molecule has 3 fully saturated rings. The summed E-state index contributed by atoms with van der Waals surface area (Å²) in [6.45, 7) is 4.39. The van der Waals surface area contributed by atoms with Crippen LogP contribution in [0.5, 0.6) is 5.75 Å². The van der Waals surface area contributed by atoms with Gasteiger partial charge in [-0.1, -0.05) is 82.7 Å². The monoisotopic (exact) mass is 615 g/mol. The maximum absolute atomic E-state index is 13.6. The van der Waals surface area contributed by atoms with Crippen molar-refractivity contribution in [2.75, 3.05) is 32.8 Å². The average molecular weight is 617 g/mol. The summed E-state index contributed by atoms with van der Waals surface area (Å²) in [5, 5.41) is 11.8. The quantitative estimate of drug-likeness (QED) is 0.310. The average Bonchev–Trinajstić information content (AvgIpc) is 2.90. The second kappa shape index (κ2) is 11.5. The van der Waals surface area contributed by atoms with Gasteiger partial charge in [-0.25, -0.2) is 4.79 Å². The van der Waals surface area contributed by atoms with Gasteiger partial charge in [-0.2, -0.15) is 0 Å². The van der Waals surface area contributed by atoms with Crippen molar-refractivity contribution in [1.82, 2.24) is 0 Å². The van der Waals surface area contributed by atoms with Crippen LogP contribution in [0.15, 0.2) is 89.4 Å². The lowest BCUT2D eigenvalue weighted by atomic mass is 9.82. The Morgan fingerprint density at radius 3 is 2.14 bits per heavy atom. The fourth-order valence-electron chi connectivity index (χ4n) is 5.57. The molecule has 3 aliphatic heterocycles. The summed E-state index contributed by atoms with van der Waals surface area (Å²) in [7, 11) is 0. The molecule has 3 aromatic carbocycles. The predicted octanol–water partition coefficient (Wildman–Crippen LogP) is 1.92. The molecular weight excluding hydrogens is 586 g/mol. The summed E-state index contributed by atoms with van der Waals surface area (Å²) in [5.41, 5.74) is -0.809. The molecule has 0 aliphatic carbocycles. The SMILES string of the molecule is O=C(OC1C[N+]2(CCOc3cccc(Br)c3)CCC1CC2)C(O)(c1ccccc1)c1ccccc1.[Br-]. The van der Waals surface area contributed by atoms with Gasteiger partial charge < -0.3 is 36.0 Å². The molecule has 3 heterocycles. The van der Waals surface area contributed by atoms with E-state index >= 15 is 0 Å². The highest BCUT2D eigenvalue weighted by molar-refractivity contribution is 9.10. The third-order valence-corrected chi connectivity index (χ3v) is 8.10. The Labute approximate surface area is 231 Å². The number of ether oxygens (including phenoxy) is 2. The number of esters is 1.